The van der Waals surface area contributed by atoms with Gasteiger partial charge in [-0.15, -0.1) is 0 Å². The number of anilines is 2. The number of allylic oxidation sites excluding steroid dienone is 10. The predicted octanol–water partition coefficient (Wildman–Crippen LogP) is 9.55. The topological polar surface area (TPSA) is 3.24 Å². The third-order valence-electron chi connectivity index (χ3n) is 4.73. The Balaban J connectivity index is 0.00000249. The molecule has 1 nitrogen and oxygen atoms in total. The van der Waals surface area contributed by atoms with Crippen molar-refractivity contribution in [3.05, 3.63) is 120 Å². The second-order valence-corrected chi connectivity index (χ2v) is 7.63. The van der Waals surface area contributed by atoms with Gasteiger partial charge in [0.1, 0.15) is 0 Å². The smallest absolute Gasteiger partial charge is 0.0487 e. The molecular formula is C31H39N. The molecule has 0 aliphatic carbocycles. The van der Waals surface area contributed by atoms with Crippen molar-refractivity contribution in [2.75, 3.05) is 11.9 Å². The minimum atomic E-state index is 1.05. The minimum absolute atomic E-state index is 1.05. The lowest BCUT2D eigenvalue weighted by Gasteiger charge is -2.23. The monoisotopic (exact) mass is 425 g/mol. The number of hydrogen-bond donors (Lipinski definition) is 0. The van der Waals surface area contributed by atoms with Gasteiger partial charge in [-0.05, 0) is 62.6 Å². The molecule has 2 aromatic carbocycles. The molecule has 0 saturated carbocycles. The average Bonchev–Trinajstić information content (AvgIpc) is 2.80. The second kappa shape index (κ2) is 13.9. The molecule has 0 N–H and O–H groups in total. The minimum Gasteiger partial charge on any atom is -0.344 e. The lowest BCUT2D eigenvalue weighted by atomic mass is 10.00. The van der Waals surface area contributed by atoms with Crippen LogP contribution >= 0.6 is 0 Å². The number of nitrogens with zero attached hydrogens (tertiary/aromatic N) is 1. The number of para-hydroxylation sites is 1. The van der Waals surface area contributed by atoms with Crippen LogP contribution in [0.1, 0.15) is 52.7 Å². The van der Waals surface area contributed by atoms with Gasteiger partial charge in [-0.2, -0.15) is 0 Å². The quantitative estimate of drug-likeness (QED) is 0.380. The van der Waals surface area contributed by atoms with Crippen molar-refractivity contribution in [3.63, 3.8) is 0 Å². The Bertz CT molecular complexity index is 1010. The van der Waals surface area contributed by atoms with E-state index in [1.165, 1.54) is 27.8 Å². The van der Waals surface area contributed by atoms with E-state index in [0.29, 0.717) is 0 Å². The number of hydrogen-bond acceptors (Lipinski definition) is 1. The van der Waals surface area contributed by atoms with Crippen molar-refractivity contribution in [3.8, 4) is 0 Å². The van der Waals surface area contributed by atoms with E-state index in [4.69, 9.17) is 0 Å². The molecular weight excluding hydrogens is 386 g/mol. The van der Waals surface area contributed by atoms with E-state index in [0.717, 1.165) is 16.9 Å². The summed E-state index contributed by atoms with van der Waals surface area (Å²) in [7, 11) is 2.11. The van der Waals surface area contributed by atoms with Gasteiger partial charge in [-0.25, -0.2) is 0 Å². The lowest BCUT2D eigenvalue weighted by Crippen LogP contribution is -2.11. The van der Waals surface area contributed by atoms with Crippen molar-refractivity contribution in [1.82, 2.24) is 0 Å². The summed E-state index contributed by atoms with van der Waals surface area (Å²) < 4.78 is 0. The van der Waals surface area contributed by atoms with E-state index < -0.39 is 0 Å². The van der Waals surface area contributed by atoms with E-state index in [9.17, 15) is 0 Å². The maximum Gasteiger partial charge on any atom is 0.0487 e. The highest BCUT2D eigenvalue weighted by atomic mass is 15.1. The first-order chi connectivity index (χ1) is 15.4. The van der Waals surface area contributed by atoms with Crippen molar-refractivity contribution in [2.45, 2.75) is 41.5 Å². The summed E-state index contributed by atoms with van der Waals surface area (Å²) in [5, 5.41) is 0. The average molecular weight is 426 g/mol. The van der Waals surface area contributed by atoms with Crippen LogP contribution in [0.5, 0.6) is 0 Å². The van der Waals surface area contributed by atoms with Crippen molar-refractivity contribution in [1.29, 1.82) is 0 Å². The Hall–Kier alpha value is -3.32. The summed E-state index contributed by atoms with van der Waals surface area (Å²) in [4.78, 5) is 2.23. The molecule has 0 fully saturated rings. The molecule has 168 valence electrons. The summed E-state index contributed by atoms with van der Waals surface area (Å²) in [6, 6.07) is 17.2. The summed E-state index contributed by atoms with van der Waals surface area (Å²) in [5.74, 6) is 0. The molecule has 0 saturated heterocycles. The standard InChI is InChI=1S/C29H33N.C2H6/c1-8-10-13-24(9-2)28-14-11-12-15-29(28)30(7)27-18-16-25(17-19-27)26(20-22(3)4)21-23(5)6;1-2/h8-21H,1,3H2,2,4-7H3;1-2H3/b13-10-,24-9+,26-20+;. The first-order valence-corrected chi connectivity index (χ1v) is 11.3. The molecule has 2 aromatic rings. The maximum atomic E-state index is 4.04. The third-order valence-corrected chi connectivity index (χ3v) is 4.73. The van der Waals surface area contributed by atoms with Crippen LogP contribution in [-0.2, 0) is 0 Å². The Kier molecular flexibility index (Phi) is 11.6. The number of benzene rings is 2. The van der Waals surface area contributed by atoms with Gasteiger partial charge in [0, 0.05) is 24.0 Å². The summed E-state index contributed by atoms with van der Waals surface area (Å²) >= 11 is 0. The molecule has 0 radical (unpaired) electrons. The molecule has 0 heterocycles. The fourth-order valence-electron chi connectivity index (χ4n) is 3.32. The van der Waals surface area contributed by atoms with Crippen LogP contribution < -0.4 is 4.90 Å². The molecule has 1 heteroatoms. The van der Waals surface area contributed by atoms with Gasteiger partial charge in [0.25, 0.3) is 0 Å². The molecule has 0 bridgehead atoms. The highest BCUT2D eigenvalue weighted by Crippen LogP contribution is 2.33. The normalized spacial score (nSPS) is 11.5. The summed E-state index contributed by atoms with van der Waals surface area (Å²) in [6.07, 6.45) is 12.3. The molecule has 0 unspecified atom stereocenters. The van der Waals surface area contributed by atoms with Gasteiger partial charge in [-0.3, -0.25) is 0 Å². The molecule has 32 heavy (non-hydrogen) atoms. The van der Waals surface area contributed by atoms with Crippen molar-refractivity contribution < 1.29 is 0 Å². The van der Waals surface area contributed by atoms with Crippen LogP contribution in [0.4, 0.5) is 11.4 Å². The third kappa shape index (κ3) is 7.74. The van der Waals surface area contributed by atoms with Crippen molar-refractivity contribution in [2.24, 2.45) is 0 Å². The molecule has 2 rings (SSSR count). The molecule has 0 amide bonds. The largest absolute Gasteiger partial charge is 0.344 e. The van der Waals surface area contributed by atoms with Gasteiger partial charge < -0.3 is 4.90 Å². The SMILES string of the molecule is C=C/C=C\C(=C/C)c1ccccc1N(C)c1ccc(/C(C=C(C)C)=C/C(=C)C)cc1.CC. The van der Waals surface area contributed by atoms with Gasteiger partial charge in [0.15, 0.2) is 0 Å². The Morgan fingerprint density at radius 3 is 2.03 bits per heavy atom. The van der Waals surface area contributed by atoms with Crippen molar-refractivity contribution >= 4 is 22.5 Å². The van der Waals surface area contributed by atoms with Crippen LogP contribution in [0.3, 0.4) is 0 Å². The zero-order chi connectivity index (χ0) is 24.1. The van der Waals surface area contributed by atoms with Crippen LogP contribution in [-0.4, -0.2) is 7.05 Å². The van der Waals surface area contributed by atoms with E-state index >= 15 is 0 Å². The fraction of sp³-hybridized carbons (Fsp3) is 0.226. The first-order valence-electron chi connectivity index (χ1n) is 11.3. The van der Waals surface area contributed by atoms with Crippen LogP contribution in [0, 0.1) is 0 Å². The molecule has 0 aliphatic rings. The van der Waals surface area contributed by atoms with Gasteiger partial charge >= 0.3 is 0 Å². The lowest BCUT2D eigenvalue weighted by molar-refractivity contribution is 1.20. The summed E-state index contributed by atoms with van der Waals surface area (Å²) in [6.45, 7) is 20.1. The van der Waals surface area contributed by atoms with Gasteiger partial charge in [0.2, 0.25) is 0 Å². The second-order valence-electron chi connectivity index (χ2n) is 7.63. The van der Waals surface area contributed by atoms with Gasteiger partial charge in [-0.1, -0.05) is 105 Å². The van der Waals surface area contributed by atoms with Crippen LogP contribution in [0.2, 0.25) is 0 Å². The molecule has 0 aliphatic heterocycles. The highest BCUT2D eigenvalue weighted by molar-refractivity contribution is 5.85. The van der Waals surface area contributed by atoms with Crippen LogP contribution in [0.25, 0.3) is 11.1 Å². The van der Waals surface area contributed by atoms with E-state index in [2.05, 4.69) is 119 Å². The zero-order valence-corrected chi connectivity index (χ0v) is 20.9. The Labute approximate surface area is 196 Å². The first kappa shape index (κ1) is 26.7. The van der Waals surface area contributed by atoms with E-state index in [1.54, 1.807) is 6.08 Å². The van der Waals surface area contributed by atoms with E-state index in [-0.39, 0.29) is 0 Å². The number of rotatable bonds is 8. The van der Waals surface area contributed by atoms with E-state index in [1.807, 2.05) is 26.8 Å². The zero-order valence-electron chi connectivity index (χ0n) is 20.9. The predicted molar refractivity (Wildman–Crippen MR) is 148 cm³/mol. The molecule has 0 aromatic heterocycles. The Morgan fingerprint density at radius 2 is 1.50 bits per heavy atom. The summed E-state index contributed by atoms with van der Waals surface area (Å²) in [5.41, 5.74) is 9.35. The highest BCUT2D eigenvalue weighted by Gasteiger charge is 2.11. The molecule has 0 spiro atoms. The molecule has 0 atom stereocenters. The van der Waals surface area contributed by atoms with Gasteiger partial charge in [0.05, 0.1) is 0 Å². The van der Waals surface area contributed by atoms with Crippen LogP contribution in [0.15, 0.2) is 109 Å². The maximum absolute atomic E-state index is 4.04. The Morgan fingerprint density at radius 1 is 0.875 bits per heavy atom. The fourth-order valence-corrected chi connectivity index (χ4v) is 3.32.